The first-order valence-electron chi connectivity index (χ1n) is 5.81. The smallest absolute Gasteiger partial charge is 0.229 e. The molecule has 0 aromatic rings. The van der Waals surface area contributed by atoms with Gasteiger partial charge in [-0.3, -0.25) is 19.3 Å². The third-order valence-corrected chi connectivity index (χ3v) is 3.28. The van der Waals surface area contributed by atoms with Gasteiger partial charge in [0, 0.05) is 25.8 Å². The Hall–Kier alpha value is -1.43. The molecule has 1 saturated carbocycles. The van der Waals surface area contributed by atoms with Crippen molar-refractivity contribution in [3.63, 3.8) is 0 Å². The predicted octanol–water partition coefficient (Wildman–Crippen LogP) is -0.833. The third-order valence-electron chi connectivity index (χ3n) is 3.28. The van der Waals surface area contributed by atoms with E-state index in [1.807, 2.05) is 0 Å². The summed E-state index contributed by atoms with van der Waals surface area (Å²) in [5.74, 6) is -0.624. The van der Waals surface area contributed by atoms with Gasteiger partial charge in [0.15, 0.2) is 0 Å². The molecule has 0 spiro atoms. The summed E-state index contributed by atoms with van der Waals surface area (Å²) in [5, 5.41) is 11.8. The maximum atomic E-state index is 11.6. The molecule has 1 saturated heterocycles. The summed E-state index contributed by atoms with van der Waals surface area (Å²) in [4.78, 5) is 35.3. The molecule has 2 N–H and O–H groups in total. The van der Waals surface area contributed by atoms with Crippen molar-refractivity contribution in [1.29, 1.82) is 0 Å². The zero-order valence-corrected chi connectivity index (χ0v) is 9.57. The van der Waals surface area contributed by atoms with Crippen molar-refractivity contribution >= 4 is 17.7 Å². The number of nitrogens with one attached hydrogen (secondary N) is 1. The van der Waals surface area contributed by atoms with Crippen LogP contribution in [0.2, 0.25) is 0 Å². The fourth-order valence-corrected chi connectivity index (χ4v) is 1.92. The SMILES string of the molecule is O=C(CCN1C(=O)CCC1=O)NC1(CO)CC1. The molecule has 0 bridgehead atoms. The van der Waals surface area contributed by atoms with E-state index in [0.717, 1.165) is 17.7 Å². The maximum Gasteiger partial charge on any atom is 0.229 e. The van der Waals surface area contributed by atoms with Crippen molar-refractivity contribution in [3.8, 4) is 0 Å². The lowest BCUT2D eigenvalue weighted by Gasteiger charge is -2.16. The molecule has 0 radical (unpaired) electrons. The number of likely N-dealkylation sites (tertiary alicyclic amines) is 1. The molecule has 0 atom stereocenters. The van der Waals surface area contributed by atoms with Crippen LogP contribution < -0.4 is 5.32 Å². The van der Waals surface area contributed by atoms with E-state index in [4.69, 9.17) is 5.11 Å². The maximum absolute atomic E-state index is 11.6. The Morgan fingerprint density at radius 3 is 2.35 bits per heavy atom. The highest BCUT2D eigenvalue weighted by molar-refractivity contribution is 6.02. The molecule has 3 amide bonds. The van der Waals surface area contributed by atoms with Crippen molar-refractivity contribution in [2.75, 3.05) is 13.2 Å². The summed E-state index contributed by atoms with van der Waals surface area (Å²) >= 11 is 0. The summed E-state index contributed by atoms with van der Waals surface area (Å²) in [6, 6.07) is 0. The minimum atomic E-state index is -0.434. The normalized spacial score (nSPS) is 21.8. The van der Waals surface area contributed by atoms with Gasteiger partial charge in [-0.25, -0.2) is 0 Å². The summed E-state index contributed by atoms with van der Waals surface area (Å²) in [6.07, 6.45) is 2.19. The zero-order valence-electron chi connectivity index (χ0n) is 9.57. The van der Waals surface area contributed by atoms with Gasteiger partial charge in [0.2, 0.25) is 17.7 Å². The topological polar surface area (TPSA) is 86.7 Å². The van der Waals surface area contributed by atoms with Gasteiger partial charge < -0.3 is 10.4 Å². The van der Waals surface area contributed by atoms with Crippen molar-refractivity contribution in [2.45, 2.75) is 37.6 Å². The van der Waals surface area contributed by atoms with Crippen LogP contribution in [-0.2, 0) is 14.4 Å². The Morgan fingerprint density at radius 2 is 1.88 bits per heavy atom. The Kier molecular flexibility index (Phi) is 3.15. The van der Waals surface area contributed by atoms with E-state index in [1.54, 1.807) is 0 Å². The van der Waals surface area contributed by atoms with E-state index < -0.39 is 5.54 Å². The van der Waals surface area contributed by atoms with E-state index >= 15 is 0 Å². The van der Waals surface area contributed by atoms with E-state index in [0.29, 0.717) is 0 Å². The number of carbonyl (C=O) groups excluding carboxylic acids is 3. The number of amides is 3. The molecule has 2 rings (SSSR count). The second-order valence-corrected chi connectivity index (χ2v) is 4.68. The van der Waals surface area contributed by atoms with Gasteiger partial charge in [0.1, 0.15) is 0 Å². The number of aliphatic hydroxyl groups excluding tert-OH is 1. The number of carbonyl (C=O) groups is 3. The van der Waals surface area contributed by atoms with Crippen LogP contribution in [0.5, 0.6) is 0 Å². The van der Waals surface area contributed by atoms with Gasteiger partial charge in [-0.1, -0.05) is 0 Å². The molecule has 0 unspecified atom stereocenters. The first-order chi connectivity index (χ1) is 8.06. The standard InChI is InChI=1S/C11H16N2O4/c14-7-11(4-5-11)12-8(15)3-6-13-9(16)1-2-10(13)17/h14H,1-7H2,(H,12,15). The van der Waals surface area contributed by atoms with Gasteiger partial charge in [0.25, 0.3) is 0 Å². The molecule has 2 fully saturated rings. The van der Waals surface area contributed by atoms with Crippen molar-refractivity contribution in [1.82, 2.24) is 10.2 Å². The van der Waals surface area contributed by atoms with Gasteiger partial charge >= 0.3 is 0 Å². The molecule has 0 aromatic heterocycles. The second kappa shape index (κ2) is 4.44. The van der Waals surface area contributed by atoms with E-state index in [-0.39, 0.29) is 50.1 Å². The lowest BCUT2D eigenvalue weighted by Crippen LogP contribution is -2.41. The van der Waals surface area contributed by atoms with Crippen LogP contribution in [0.15, 0.2) is 0 Å². The average Bonchev–Trinajstić information content (AvgIpc) is 2.99. The lowest BCUT2D eigenvalue weighted by molar-refractivity contribution is -0.138. The van der Waals surface area contributed by atoms with E-state index in [2.05, 4.69) is 5.32 Å². The molecule has 6 nitrogen and oxygen atoms in total. The highest BCUT2D eigenvalue weighted by atomic mass is 16.3. The third kappa shape index (κ3) is 2.63. The molecular formula is C11H16N2O4. The van der Waals surface area contributed by atoms with E-state index in [1.165, 1.54) is 0 Å². The highest BCUT2D eigenvalue weighted by Crippen LogP contribution is 2.34. The number of hydrogen-bond acceptors (Lipinski definition) is 4. The van der Waals surface area contributed by atoms with Gasteiger partial charge in [-0.05, 0) is 12.8 Å². The molecule has 1 aliphatic heterocycles. The van der Waals surface area contributed by atoms with Crippen LogP contribution in [0.25, 0.3) is 0 Å². The lowest BCUT2D eigenvalue weighted by atomic mass is 10.2. The molecule has 1 heterocycles. The molecule has 6 heteroatoms. The largest absolute Gasteiger partial charge is 0.394 e. The molecular weight excluding hydrogens is 224 g/mol. The van der Waals surface area contributed by atoms with Gasteiger partial charge in [0.05, 0.1) is 12.1 Å². The molecule has 94 valence electrons. The van der Waals surface area contributed by atoms with Crippen LogP contribution >= 0.6 is 0 Å². The summed E-state index contributed by atoms with van der Waals surface area (Å²) < 4.78 is 0. The quantitative estimate of drug-likeness (QED) is 0.614. The van der Waals surface area contributed by atoms with Gasteiger partial charge in [-0.15, -0.1) is 0 Å². The molecule has 0 aromatic carbocycles. The number of hydrogen-bond donors (Lipinski definition) is 2. The Bertz CT molecular complexity index is 346. The highest BCUT2D eigenvalue weighted by Gasteiger charge is 2.43. The van der Waals surface area contributed by atoms with Crippen LogP contribution in [0.3, 0.4) is 0 Å². The fraction of sp³-hybridized carbons (Fsp3) is 0.727. The monoisotopic (exact) mass is 240 g/mol. The summed E-state index contributed by atoms with van der Waals surface area (Å²) in [7, 11) is 0. The first kappa shape index (κ1) is 12.0. The second-order valence-electron chi connectivity index (χ2n) is 4.68. The number of nitrogens with zero attached hydrogens (tertiary/aromatic N) is 1. The van der Waals surface area contributed by atoms with Gasteiger partial charge in [-0.2, -0.15) is 0 Å². The predicted molar refractivity (Wildman–Crippen MR) is 57.8 cm³/mol. The van der Waals surface area contributed by atoms with Crippen molar-refractivity contribution in [2.24, 2.45) is 0 Å². The minimum absolute atomic E-state index is 0.0552. The molecule has 17 heavy (non-hydrogen) atoms. The molecule has 1 aliphatic carbocycles. The average molecular weight is 240 g/mol. The van der Waals surface area contributed by atoms with Crippen LogP contribution in [-0.4, -0.2) is 46.4 Å². The molecule has 2 aliphatic rings. The number of rotatable bonds is 5. The van der Waals surface area contributed by atoms with Crippen LogP contribution in [0, 0.1) is 0 Å². The summed E-state index contributed by atoms with van der Waals surface area (Å²) in [6.45, 7) is 0.0886. The first-order valence-corrected chi connectivity index (χ1v) is 5.81. The van der Waals surface area contributed by atoms with E-state index in [9.17, 15) is 14.4 Å². The number of aliphatic hydroxyl groups is 1. The van der Waals surface area contributed by atoms with Crippen LogP contribution in [0.4, 0.5) is 0 Å². The van der Waals surface area contributed by atoms with Crippen molar-refractivity contribution < 1.29 is 19.5 Å². The minimum Gasteiger partial charge on any atom is -0.394 e. The Morgan fingerprint density at radius 1 is 1.29 bits per heavy atom. The fourth-order valence-electron chi connectivity index (χ4n) is 1.92. The Labute approximate surface area is 99.0 Å². The Balaban J connectivity index is 1.76. The van der Waals surface area contributed by atoms with Crippen LogP contribution in [0.1, 0.15) is 32.1 Å². The van der Waals surface area contributed by atoms with Crippen molar-refractivity contribution in [3.05, 3.63) is 0 Å². The zero-order chi connectivity index (χ0) is 12.5. The number of imide groups is 1. The summed E-state index contributed by atoms with van der Waals surface area (Å²) in [5.41, 5.74) is -0.434.